The third-order valence-corrected chi connectivity index (χ3v) is 1.75. The summed E-state index contributed by atoms with van der Waals surface area (Å²) < 4.78 is 0. The van der Waals surface area contributed by atoms with Crippen LogP contribution in [0.15, 0.2) is 30.3 Å². The molecule has 1 rings (SSSR count). The number of rotatable bonds is 3. The number of aliphatic hydroxyl groups is 2. The molecule has 0 saturated heterocycles. The van der Waals surface area contributed by atoms with Gasteiger partial charge in [-0.1, -0.05) is 30.3 Å². The highest BCUT2D eigenvalue weighted by Crippen LogP contribution is 2.17. The summed E-state index contributed by atoms with van der Waals surface area (Å²) in [4.78, 5) is 0. The van der Waals surface area contributed by atoms with Gasteiger partial charge in [0, 0.05) is 6.42 Å². The van der Waals surface area contributed by atoms with E-state index in [1.165, 1.54) is 0 Å². The van der Waals surface area contributed by atoms with E-state index in [2.05, 4.69) is 0 Å². The van der Waals surface area contributed by atoms with Crippen LogP contribution in [0.5, 0.6) is 0 Å². The zero-order valence-corrected chi connectivity index (χ0v) is 7.14. The summed E-state index contributed by atoms with van der Waals surface area (Å²) in [6.45, 7) is 1.67. The molecule has 0 spiro atoms. The number of benzene rings is 1. The first-order valence-corrected chi connectivity index (χ1v) is 4.11. The highest BCUT2D eigenvalue weighted by molar-refractivity contribution is 5.17. The van der Waals surface area contributed by atoms with E-state index in [4.69, 9.17) is 5.11 Å². The molecule has 0 aromatic heterocycles. The molecule has 2 atom stereocenters. The molecule has 0 bridgehead atoms. The lowest BCUT2D eigenvalue weighted by molar-refractivity contribution is 0.0907. The second-order valence-electron chi connectivity index (χ2n) is 3.01. The van der Waals surface area contributed by atoms with E-state index in [0.717, 1.165) is 5.56 Å². The van der Waals surface area contributed by atoms with Gasteiger partial charge in [-0.15, -0.1) is 0 Å². The van der Waals surface area contributed by atoms with Gasteiger partial charge in [-0.3, -0.25) is 0 Å². The van der Waals surface area contributed by atoms with Gasteiger partial charge in [0.05, 0.1) is 12.2 Å². The van der Waals surface area contributed by atoms with Crippen molar-refractivity contribution < 1.29 is 10.2 Å². The van der Waals surface area contributed by atoms with Gasteiger partial charge >= 0.3 is 0 Å². The molecule has 0 radical (unpaired) electrons. The molecule has 0 amide bonds. The van der Waals surface area contributed by atoms with Crippen molar-refractivity contribution >= 4 is 0 Å². The van der Waals surface area contributed by atoms with Gasteiger partial charge in [-0.2, -0.15) is 0 Å². The Morgan fingerprint density at radius 2 is 1.75 bits per heavy atom. The van der Waals surface area contributed by atoms with Crippen molar-refractivity contribution in [3.05, 3.63) is 35.9 Å². The van der Waals surface area contributed by atoms with Gasteiger partial charge < -0.3 is 10.2 Å². The molecular formula is C10H14O2. The van der Waals surface area contributed by atoms with Crippen LogP contribution < -0.4 is 0 Å². The van der Waals surface area contributed by atoms with Gasteiger partial charge in [-0.05, 0) is 12.5 Å². The molecule has 1 aromatic rings. The molecule has 2 N–H and O–H groups in total. The Kier molecular flexibility index (Phi) is 3.26. The fraction of sp³-hybridized carbons (Fsp3) is 0.400. The maximum atomic E-state index is 9.53. The second kappa shape index (κ2) is 4.24. The van der Waals surface area contributed by atoms with Crippen LogP contribution in [0.4, 0.5) is 0 Å². The smallest absolute Gasteiger partial charge is 0.0814 e. The van der Waals surface area contributed by atoms with Gasteiger partial charge in [0.15, 0.2) is 0 Å². The van der Waals surface area contributed by atoms with E-state index < -0.39 is 12.2 Å². The summed E-state index contributed by atoms with van der Waals surface area (Å²) in [5, 5.41) is 18.6. The fourth-order valence-corrected chi connectivity index (χ4v) is 1.13. The Morgan fingerprint density at radius 3 is 2.25 bits per heavy atom. The number of hydrogen-bond donors (Lipinski definition) is 2. The Bertz CT molecular complexity index is 219. The summed E-state index contributed by atoms with van der Waals surface area (Å²) in [5.74, 6) is 0. The molecular weight excluding hydrogens is 152 g/mol. The monoisotopic (exact) mass is 166 g/mol. The van der Waals surface area contributed by atoms with Crippen molar-refractivity contribution in [2.75, 3.05) is 0 Å². The van der Waals surface area contributed by atoms with E-state index in [9.17, 15) is 5.11 Å². The van der Waals surface area contributed by atoms with E-state index >= 15 is 0 Å². The van der Waals surface area contributed by atoms with Gasteiger partial charge in [-0.25, -0.2) is 0 Å². The zero-order chi connectivity index (χ0) is 8.97. The zero-order valence-electron chi connectivity index (χ0n) is 7.14. The van der Waals surface area contributed by atoms with Crippen LogP contribution in [0.1, 0.15) is 25.0 Å². The highest BCUT2D eigenvalue weighted by atomic mass is 16.3. The van der Waals surface area contributed by atoms with Crippen LogP contribution >= 0.6 is 0 Å². The maximum absolute atomic E-state index is 9.53. The van der Waals surface area contributed by atoms with Crippen LogP contribution in [0.2, 0.25) is 0 Å². The number of aliphatic hydroxyl groups excluding tert-OH is 2. The molecule has 2 nitrogen and oxygen atoms in total. The molecule has 1 aromatic carbocycles. The summed E-state index contributed by atoms with van der Waals surface area (Å²) in [6, 6.07) is 9.36. The van der Waals surface area contributed by atoms with Crippen molar-refractivity contribution in [1.29, 1.82) is 0 Å². The van der Waals surface area contributed by atoms with Gasteiger partial charge in [0.1, 0.15) is 0 Å². The van der Waals surface area contributed by atoms with E-state index in [1.807, 2.05) is 30.3 Å². The minimum absolute atomic E-state index is 0.393. The molecule has 2 heteroatoms. The molecule has 0 aliphatic heterocycles. The minimum Gasteiger partial charge on any atom is -0.393 e. The molecule has 12 heavy (non-hydrogen) atoms. The van der Waals surface area contributed by atoms with E-state index in [1.54, 1.807) is 6.92 Å². The first-order chi connectivity index (χ1) is 5.70. The second-order valence-corrected chi connectivity index (χ2v) is 3.01. The largest absolute Gasteiger partial charge is 0.393 e. The molecule has 0 aliphatic carbocycles. The lowest BCUT2D eigenvalue weighted by Crippen LogP contribution is -2.07. The van der Waals surface area contributed by atoms with Crippen LogP contribution in [0.3, 0.4) is 0 Å². The van der Waals surface area contributed by atoms with Crippen LogP contribution in [-0.2, 0) is 0 Å². The van der Waals surface area contributed by atoms with Crippen LogP contribution in [0, 0.1) is 0 Å². The summed E-state index contributed by atoms with van der Waals surface area (Å²) in [5.41, 5.74) is 0.860. The van der Waals surface area contributed by atoms with E-state index in [-0.39, 0.29) is 0 Å². The SMILES string of the molecule is CC(O)CC(O)c1ccccc1. The van der Waals surface area contributed by atoms with E-state index in [0.29, 0.717) is 6.42 Å². The van der Waals surface area contributed by atoms with Crippen molar-refractivity contribution in [3.63, 3.8) is 0 Å². The van der Waals surface area contributed by atoms with Crippen LogP contribution in [-0.4, -0.2) is 16.3 Å². The van der Waals surface area contributed by atoms with Crippen molar-refractivity contribution in [1.82, 2.24) is 0 Å². The maximum Gasteiger partial charge on any atom is 0.0814 e. The van der Waals surface area contributed by atoms with Crippen LogP contribution in [0.25, 0.3) is 0 Å². The van der Waals surface area contributed by atoms with Gasteiger partial charge in [0.2, 0.25) is 0 Å². The van der Waals surface area contributed by atoms with Crippen molar-refractivity contribution in [2.24, 2.45) is 0 Å². The predicted molar refractivity (Wildman–Crippen MR) is 47.7 cm³/mol. The fourth-order valence-electron chi connectivity index (χ4n) is 1.13. The summed E-state index contributed by atoms with van der Waals surface area (Å²) >= 11 is 0. The average molecular weight is 166 g/mol. The molecule has 0 heterocycles. The number of hydrogen-bond acceptors (Lipinski definition) is 2. The Hall–Kier alpha value is -0.860. The lowest BCUT2D eigenvalue weighted by atomic mass is 10.0. The van der Waals surface area contributed by atoms with Crippen molar-refractivity contribution in [3.8, 4) is 0 Å². The van der Waals surface area contributed by atoms with Gasteiger partial charge in [0.25, 0.3) is 0 Å². The first kappa shape index (κ1) is 9.23. The molecule has 2 unspecified atom stereocenters. The van der Waals surface area contributed by atoms with Crippen molar-refractivity contribution in [2.45, 2.75) is 25.6 Å². The minimum atomic E-state index is -0.550. The highest BCUT2D eigenvalue weighted by Gasteiger charge is 2.08. The standard InChI is InChI=1S/C10H14O2/c1-8(11)7-10(12)9-5-3-2-4-6-9/h2-6,8,10-12H,7H2,1H3. The average Bonchev–Trinajstić information content (AvgIpc) is 2.05. The molecule has 66 valence electrons. The summed E-state index contributed by atoms with van der Waals surface area (Å²) in [6.07, 6.45) is -0.615. The Morgan fingerprint density at radius 1 is 1.17 bits per heavy atom. The Labute approximate surface area is 72.5 Å². The third kappa shape index (κ3) is 2.64. The topological polar surface area (TPSA) is 40.5 Å². The molecule has 0 fully saturated rings. The quantitative estimate of drug-likeness (QED) is 0.714. The normalized spacial score (nSPS) is 15.6. The third-order valence-electron chi connectivity index (χ3n) is 1.75. The first-order valence-electron chi connectivity index (χ1n) is 4.11. The molecule has 0 saturated carbocycles. The molecule has 0 aliphatic rings. The predicted octanol–water partition coefficient (Wildman–Crippen LogP) is 1.49. The lowest BCUT2D eigenvalue weighted by Gasteiger charge is -2.11. The Balaban J connectivity index is 2.59. The summed E-state index contributed by atoms with van der Waals surface area (Å²) in [7, 11) is 0.